The molecule has 0 aliphatic rings. The number of amidine groups is 1. The van der Waals surface area contributed by atoms with Crippen molar-refractivity contribution in [1.82, 2.24) is 5.06 Å². The Kier molecular flexibility index (Phi) is 25.0. The number of aliphatic hydroxyl groups excluding tert-OH is 1. The van der Waals surface area contributed by atoms with Crippen LogP contribution in [0.4, 0.5) is 0 Å². The molecule has 7 nitrogen and oxygen atoms in total. The Morgan fingerprint density at radius 2 is 1.89 bits per heavy atom. The molecule has 113 valence electrons. The second kappa shape index (κ2) is 16.9. The van der Waals surface area contributed by atoms with Crippen LogP contribution in [-0.2, 0) is 4.79 Å². The van der Waals surface area contributed by atoms with Crippen molar-refractivity contribution in [2.75, 3.05) is 13.3 Å². The molecule has 0 unspecified atom stereocenters. The standard InChI is InChI=1S/C9H19N3O4.Ac.2ClH/c1-7(11-6-13)12(16)5-3-2-4-8(10)9(14)15;;;/h8,13,16H,2-6,10H2,1H3,(H,14,15);;2*1H/t8-;;;/m0.../s1. The zero-order valence-electron chi connectivity index (χ0n) is 10.7. The summed E-state index contributed by atoms with van der Waals surface area (Å²) in [5.74, 6) is -0.691. The van der Waals surface area contributed by atoms with Gasteiger partial charge in [0, 0.05) is 50.6 Å². The number of hydrogen-bond acceptors (Lipinski definition) is 5. The number of rotatable bonds is 7. The maximum absolute atomic E-state index is 10.4. The fraction of sp³-hybridized carbons (Fsp3) is 0.778. The summed E-state index contributed by atoms with van der Waals surface area (Å²) in [6, 6.07) is -0.848. The van der Waals surface area contributed by atoms with Crippen LogP contribution < -0.4 is 5.73 Å². The molecule has 0 saturated carbocycles. The van der Waals surface area contributed by atoms with E-state index in [9.17, 15) is 10.0 Å². The minimum atomic E-state index is -1.01. The molecule has 0 aromatic rings. The van der Waals surface area contributed by atoms with Crippen LogP contribution in [0, 0.1) is 44.1 Å². The minimum absolute atomic E-state index is 0. The van der Waals surface area contributed by atoms with Crippen LogP contribution in [0.1, 0.15) is 26.2 Å². The van der Waals surface area contributed by atoms with Gasteiger partial charge in [-0.1, -0.05) is 0 Å². The van der Waals surface area contributed by atoms with Gasteiger partial charge in [0.2, 0.25) is 0 Å². The quantitative estimate of drug-likeness (QED) is 0.164. The SMILES string of the molecule is CC(=NCO)N(O)CCCC[C@H](N)C(=O)O.Cl.Cl.[Ac]. The molecule has 0 aliphatic heterocycles. The maximum atomic E-state index is 10.4. The summed E-state index contributed by atoms with van der Waals surface area (Å²) in [5, 5.41) is 27.3. The Morgan fingerprint density at radius 3 is 2.32 bits per heavy atom. The number of aliphatic imine (C=N–C) groups is 1. The van der Waals surface area contributed by atoms with Crippen molar-refractivity contribution in [2.45, 2.75) is 32.2 Å². The van der Waals surface area contributed by atoms with Crippen LogP contribution in [-0.4, -0.2) is 51.6 Å². The van der Waals surface area contributed by atoms with E-state index in [0.29, 0.717) is 31.6 Å². The summed E-state index contributed by atoms with van der Waals surface area (Å²) in [4.78, 5) is 14.0. The van der Waals surface area contributed by atoms with Crippen LogP contribution in [0.5, 0.6) is 0 Å². The van der Waals surface area contributed by atoms with Crippen LogP contribution in [0.25, 0.3) is 0 Å². The Hall–Kier alpha value is 0.842. The third-order valence-corrected chi connectivity index (χ3v) is 2.13. The molecule has 5 N–H and O–H groups in total. The van der Waals surface area contributed by atoms with Crippen LogP contribution in [0.2, 0.25) is 0 Å². The first-order valence-corrected chi connectivity index (χ1v) is 5.05. The molecule has 0 fully saturated rings. The second-order valence-electron chi connectivity index (χ2n) is 3.41. The van der Waals surface area contributed by atoms with Gasteiger partial charge in [0.05, 0.1) is 0 Å². The number of carbonyl (C=O) groups is 1. The smallest absolute Gasteiger partial charge is 0.320 e. The van der Waals surface area contributed by atoms with Crippen molar-refractivity contribution < 1.29 is 64.3 Å². The van der Waals surface area contributed by atoms with E-state index in [0.717, 1.165) is 5.06 Å². The summed E-state index contributed by atoms with van der Waals surface area (Å²) in [7, 11) is 0. The predicted octanol–water partition coefficient (Wildman–Crippen LogP) is 0.472. The molecular weight excluding hydrogens is 512 g/mol. The molecule has 10 heteroatoms. The van der Waals surface area contributed by atoms with E-state index in [1.807, 2.05) is 0 Å². The summed E-state index contributed by atoms with van der Waals surface area (Å²) in [5.41, 5.74) is 5.31. The number of hydroxylamine groups is 2. The number of halogens is 2. The summed E-state index contributed by atoms with van der Waals surface area (Å²) in [6.07, 6.45) is 1.59. The van der Waals surface area contributed by atoms with Crippen molar-refractivity contribution in [3.05, 3.63) is 0 Å². The number of carboxylic acids is 1. The molecule has 0 aromatic carbocycles. The number of nitrogens with zero attached hydrogens (tertiary/aromatic N) is 2. The van der Waals surface area contributed by atoms with Gasteiger partial charge in [-0.3, -0.25) is 10.0 Å². The number of carboxylic acid groups (broad SMARTS) is 1. The van der Waals surface area contributed by atoms with Crippen LogP contribution >= 0.6 is 24.8 Å². The van der Waals surface area contributed by atoms with Gasteiger partial charge < -0.3 is 15.9 Å². The topological polar surface area (TPSA) is 119 Å². The largest absolute Gasteiger partial charge is 0.480 e. The van der Waals surface area contributed by atoms with E-state index >= 15 is 0 Å². The van der Waals surface area contributed by atoms with E-state index in [1.165, 1.54) is 0 Å². The van der Waals surface area contributed by atoms with Gasteiger partial charge in [-0.05, 0) is 26.2 Å². The second-order valence-corrected chi connectivity index (χ2v) is 3.41. The van der Waals surface area contributed by atoms with Crippen LogP contribution in [0.3, 0.4) is 0 Å². The zero-order valence-corrected chi connectivity index (χ0v) is 17.1. The summed E-state index contributed by atoms with van der Waals surface area (Å²) < 4.78 is 0. The van der Waals surface area contributed by atoms with Crippen molar-refractivity contribution in [1.29, 1.82) is 0 Å². The van der Waals surface area contributed by atoms with E-state index in [1.54, 1.807) is 6.92 Å². The summed E-state index contributed by atoms with van der Waals surface area (Å²) in [6.45, 7) is 1.54. The Balaban J connectivity index is -0.000000375. The van der Waals surface area contributed by atoms with Gasteiger partial charge in [0.1, 0.15) is 18.6 Å². The third-order valence-electron chi connectivity index (χ3n) is 2.13. The molecular formula is C9H21AcCl2N3O4. The minimum Gasteiger partial charge on any atom is -0.480 e. The molecule has 0 spiro atoms. The molecule has 0 saturated heterocycles. The first-order chi connectivity index (χ1) is 7.49. The van der Waals surface area contributed by atoms with Gasteiger partial charge in [-0.25, -0.2) is 10.1 Å². The fourth-order valence-corrected chi connectivity index (χ4v) is 1.10. The molecule has 19 heavy (non-hydrogen) atoms. The van der Waals surface area contributed by atoms with E-state index in [-0.39, 0.29) is 75.6 Å². The normalized spacial score (nSPS) is 11.5. The van der Waals surface area contributed by atoms with Gasteiger partial charge in [-0.2, -0.15) is 0 Å². The Labute approximate surface area is 161 Å². The van der Waals surface area contributed by atoms with Gasteiger partial charge >= 0.3 is 5.97 Å². The Bertz CT molecular complexity index is 260. The first-order valence-electron chi connectivity index (χ1n) is 5.05. The number of nitrogens with two attached hydrogens (primary N) is 1. The van der Waals surface area contributed by atoms with Gasteiger partial charge in [0.25, 0.3) is 0 Å². The molecule has 0 rings (SSSR count). The zero-order chi connectivity index (χ0) is 12.6. The molecule has 1 radical (unpaired) electrons. The van der Waals surface area contributed by atoms with Crippen molar-refractivity contribution in [3.63, 3.8) is 0 Å². The number of aliphatic hydroxyl groups is 1. The van der Waals surface area contributed by atoms with Crippen molar-refractivity contribution >= 4 is 36.6 Å². The summed E-state index contributed by atoms with van der Waals surface area (Å²) >= 11 is 0. The van der Waals surface area contributed by atoms with E-state index in [4.69, 9.17) is 15.9 Å². The number of unbranched alkanes of at least 4 members (excludes halogenated alkanes) is 1. The van der Waals surface area contributed by atoms with Gasteiger partial charge in [0.15, 0.2) is 0 Å². The predicted molar refractivity (Wildman–Crippen MR) is 72.6 cm³/mol. The maximum Gasteiger partial charge on any atom is 0.320 e. The molecule has 0 aromatic heterocycles. The monoisotopic (exact) mass is 532 g/mol. The molecule has 0 heterocycles. The van der Waals surface area contributed by atoms with Crippen molar-refractivity contribution in [2.24, 2.45) is 10.7 Å². The third kappa shape index (κ3) is 15.1. The molecule has 0 amide bonds. The first kappa shape index (κ1) is 28.1. The molecule has 0 bridgehead atoms. The molecule has 0 aliphatic carbocycles. The van der Waals surface area contributed by atoms with E-state index < -0.39 is 12.0 Å². The Morgan fingerprint density at radius 1 is 1.37 bits per heavy atom. The van der Waals surface area contributed by atoms with Gasteiger partial charge in [-0.15, -0.1) is 24.8 Å². The average molecular weight is 533 g/mol. The average Bonchev–Trinajstić information content (AvgIpc) is 2.23. The number of hydrogen-bond donors (Lipinski definition) is 4. The fourth-order valence-electron chi connectivity index (χ4n) is 1.10. The van der Waals surface area contributed by atoms with Crippen LogP contribution in [0.15, 0.2) is 4.99 Å². The number of aliphatic carboxylic acids is 1. The molecule has 1 atom stereocenters. The van der Waals surface area contributed by atoms with E-state index in [2.05, 4.69) is 4.99 Å². The van der Waals surface area contributed by atoms with Crippen molar-refractivity contribution in [3.8, 4) is 0 Å².